The van der Waals surface area contributed by atoms with Gasteiger partial charge in [0.25, 0.3) is 0 Å². The predicted octanol–water partition coefficient (Wildman–Crippen LogP) is 5.22. The van der Waals surface area contributed by atoms with Gasteiger partial charge in [0.1, 0.15) is 34.5 Å². The first kappa shape index (κ1) is 21.3. The number of fused-ring (bicyclic) bond motifs is 1. The van der Waals surface area contributed by atoms with E-state index < -0.39 is 5.92 Å². The quantitative estimate of drug-likeness (QED) is 0.252. The maximum absolute atomic E-state index is 10.9. The highest BCUT2D eigenvalue weighted by Crippen LogP contribution is 2.52. The number of phenolic OH excluding ortho intramolecular Hbond substituents is 6. The number of hydrogen-bond donors (Lipinski definition) is 6. The van der Waals surface area contributed by atoms with Gasteiger partial charge in [0, 0.05) is 23.6 Å². The number of benzene rings is 4. The van der Waals surface area contributed by atoms with Crippen LogP contribution < -0.4 is 0 Å². The van der Waals surface area contributed by atoms with Crippen molar-refractivity contribution in [2.24, 2.45) is 0 Å². The van der Waals surface area contributed by atoms with Gasteiger partial charge in [-0.15, -0.1) is 0 Å². The van der Waals surface area contributed by atoms with Gasteiger partial charge in [0.05, 0.1) is 0 Å². The van der Waals surface area contributed by atoms with Crippen molar-refractivity contribution in [3.63, 3.8) is 0 Å². The molecule has 0 bridgehead atoms. The Balaban J connectivity index is 1.88. The van der Waals surface area contributed by atoms with E-state index in [1.165, 1.54) is 24.3 Å². The van der Waals surface area contributed by atoms with Gasteiger partial charge in [0.15, 0.2) is 0 Å². The van der Waals surface area contributed by atoms with Crippen molar-refractivity contribution in [1.29, 1.82) is 0 Å². The summed E-state index contributed by atoms with van der Waals surface area (Å²) < 4.78 is 0. The smallest absolute Gasteiger partial charge is 0.123 e. The first-order valence-electron chi connectivity index (χ1n) is 10.7. The molecule has 0 unspecified atom stereocenters. The maximum Gasteiger partial charge on any atom is 0.123 e. The molecule has 4 aromatic carbocycles. The van der Waals surface area contributed by atoms with Crippen molar-refractivity contribution < 1.29 is 30.6 Å². The van der Waals surface area contributed by atoms with Crippen molar-refractivity contribution in [2.45, 2.75) is 12.3 Å². The second-order valence-corrected chi connectivity index (χ2v) is 8.42. The summed E-state index contributed by atoms with van der Waals surface area (Å²) in [4.78, 5) is 0. The van der Waals surface area contributed by atoms with Crippen molar-refractivity contribution in [2.75, 3.05) is 0 Å². The molecule has 6 heteroatoms. The van der Waals surface area contributed by atoms with E-state index in [9.17, 15) is 30.6 Å². The van der Waals surface area contributed by atoms with Gasteiger partial charge in [-0.2, -0.15) is 0 Å². The average Bonchev–Trinajstić information content (AvgIpc) is 2.78. The van der Waals surface area contributed by atoms with E-state index >= 15 is 0 Å². The van der Waals surface area contributed by atoms with Crippen LogP contribution in [0.25, 0.3) is 11.1 Å². The van der Waals surface area contributed by atoms with Crippen LogP contribution in [0.1, 0.15) is 33.7 Å². The van der Waals surface area contributed by atoms with Gasteiger partial charge >= 0.3 is 0 Å². The molecule has 0 heterocycles. The Hall–Kier alpha value is -4.58. The molecule has 1 aliphatic rings. The van der Waals surface area contributed by atoms with Gasteiger partial charge < -0.3 is 30.6 Å². The first-order valence-corrected chi connectivity index (χ1v) is 10.7. The van der Waals surface area contributed by atoms with Crippen LogP contribution in [0.3, 0.4) is 0 Å². The molecule has 0 aromatic heterocycles. The Morgan fingerprint density at radius 1 is 0.529 bits per heavy atom. The fourth-order valence-electron chi connectivity index (χ4n) is 4.78. The summed E-state index contributed by atoms with van der Waals surface area (Å²) in [6, 6.07) is 20.6. The normalized spacial score (nSPS) is 15.2. The summed E-state index contributed by atoms with van der Waals surface area (Å²) in [5, 5.41) is 61.3. The lowest BCUT2D eigenvalue weighted by Crippen LogP contribution is -2.16. The summed E-state index contributed by atoms with van der Waals surface area (Å²) in [6.45, 7) is 0. The molecule has 0 amide bonds. The van der Waals surface area contributed by atoms with Gasteiger partial charge in [-0.1, -0.05) is 24.3 Å². The SMILES string of the molecule is Oc1ccc(C2=C(c3ccc(O)cc3)[C@H](c3cc(O)cc(O)c3)c3c(O)cc(O)cc3C2)cc1. The van der Waals surface area contributed by atoms with Crippen LogP contribution in [0, 0.1) is 0 Å². The second-order valence-electron chi connectivity index (χ2n) is 8.42. The molecule has 4 aromatic rings. The third kappa shape index (κ3) is 3.75. The van der Waals surface area contributed by atoms with Crippen LogP contribution >= 0.6 is 0 Å². The van der Waals surface area contributed by atoms with E-state index in [0.717, 1.165) is 22.3 Å². The molecule has 0 saturated carbocycles. The van der Waals surface area contributed by atoms with E-state index in [4.69, 9.17) is 0 Å². The third-order valence-electron chi connectivity index (χ3n) is 6.15. The minimum absolute atomic E-state index is 0.0769. The zero-order valence-corrected chi connectivity index (χ0v) is 18.0. The van der Waals surface area contributed by atoms with Crippen LogP contribution in [0.5, 0.6) is 34.5 Å². The summed E-state index contributed by atoms with van der Waals surface area (Å²) >= 11 is 0. The fourth-order valence-corrected chi connectivity index (χ4v) is 4.78. The lowest BCUT2D eigenvalue weighted by atomic mass is 9.70. The average molecular weight is 454 g/mol. The zero-order valence-electron chi connectivity index (χ0n) is 18.0. The van der Waals surface area contributed by atoms with Crippen LogP contribution in [-0.2, 0) is 6.42 Å². The largest absolute Gasteiger partial charge is 0.508 e. The highest BCUT2D eigenvalue weighted by molar-refractivity contribution is 5.98. The molecule has 170 valence electrons. The van der Waals surface area contributed by atoms with E-state index in [1.54, 1.807) is 54.6 Å². The molecule has 0 fully saturated rings. The topological polar surface area (TPSA) is 121 Å². The Labute approximate surface area is 195 Å². The minimum Gasteiger partial charge on any atom is -0.508 e. The number of hydrogen-bond acceptors (Lipinski definition) is 6. The van der Waals surface area contributed by atoms with Crippen LogP contribution in [0.2, 0.25) is 0 Å². The molecule has 34 heavy (non-hydrogen) atoms. The molecule has 1 atom stereocenters. The van der Waals surface area contributed by atoms with Crippen molar-refractivity contribution >= 4 is 11.1 Å². The molecule has 6 nitrogen and oxygen atoms in total. The van der Waals surface area contributed by atoms with Gasteiger partial charge in [0.2, 0.25) is 0 Å². The molecule has 0 radical (unpaired) electrons. The van der Waals surface area contributed by atoms with E-state index in [2.05, 4.69) is 0 Å². The predicted molar refractivity (Wildman–Crippen MR) is 128 cm³/mol. The molecule has 0 saturated heterocycles. The van der Waals surface area contributed by atoms with E-state index in [-0.39, 0.29) is 34.5 Å². The fraction of sp³-hybridized carbons (Fsp3) is 0.0714. The summed E-state index contributed by atoms with van der Waals surface area (Å²) in [5.41, 5.74) is 5.04. The Morgan fingerprint density at radius 2 is 1.06 bits per heavy atom. The van der Waals surface area contributed by atoms with E-state index in [0.29, 0.717) is 23.1 Å². The van der Waals surface area contributed by atoms with E-state index in [1.807, 2.05) is 0 Å². The molecule has 5 rings (SSSR count). The highest BCUT2D eigenvalue weighted by atomic mass is 16.3. The molecular formula is C28H22O6. The number of phenols is 6. The Morgan fingerprint density at radius 3 is 1.65 bits per heavy atom. The standard InChI is InChI=1S/C28H22O6/c29-19-5-1-15(2-6-19)24-12-18-11-23(33)14-25(34)27(18)28(17-9-21(31)13-22(32)10-17)26(24)16-3-7-20(30)8-4-16/h1-11,13-14,28-34H,12H2/t28-/m0/s1. The number of aromatic hydroxyl groups is 6. The van der Waals surface area contributed by atoms with Crippen molar-refractivity contribution in [3.8, 4) is 34.5 Å². The molecular weight excluding hydrogens is 432 g/mol. The van der Waals surface area contributed by atoms with Crippen LogP contribution in [0.15, 0.2) is 78.9 Å². The Bertz CT molecular complexity index is 1400. The summed E-state index contributed by atoms with van der Waals surface area (Å²) in [5.74, 6) is -0.831. The van der Waals surface area contributed by atoms with Crippen LogP contribution in [-0.4, -0.2) is 30.6 Å². The molecule has 0 aliphatic heterocycles. The second kappa shape index (κ2) is 8.08. The van der Waals surface area contributed by atoms with Gasteiger partial charge in [-0.3, -0.25) is 0 Å². The lowest BCUT2D eigenvalue weighted by molar-refractivity contribution is 0.441. The van der Waals surface area contributed by atoms with Crippen LogP contribution in [0.4, 0.5) is 0 Å². The zero-order chi connectivity index (χ0) is 24.0. The number of rotatable bonds is 3. The monoisotopic (exact) mass is 454 g/mol. The van der Waals surface area contributed by atoms with Crippen molar-refractivity contribution in [3.05, 3.63) is 107 Å². The summed E-state index contributed by atoms with van der Waals surface area (Å²) in [7, 11) is 0. The number of allylic oxidation sites excluding steroid dienone is 2. The van der Waals surface area contributed by atoms with Gasteiger partial charge in [-0.05, 0) is 82.3 Å². The third-order valence-corrected chi connectivity index (χ3v) is 6.15. The molecule has 1 aliphatic carbocycles. The minimum atomic E-state index is -0.615. The maximum atomic E-state index is 10.9. The summed E-state index contributed by atoms with van der Waals surface area (Å²) in [6.07, 6.45) is 0.375. The first-order chi connectivity index (χ1) is 16.3. The van der Waals surface area contributed by atoms with Gasteiger partial charge in [-0.25, -0.2) is 0 Å². The molecule has 0 spiro atoms. The Kier molecular flexibility index (Phi) is 5.06. The highest BCUT2D eigenvalue weighted by Gasteiger charge is 2.34. The van der Waals surface area contributed by atoms with Crippen molar-refractivity contribution in [1.82, 2.24) is 0 Å². The molecule has 6 N–H and O–H groups in total. The lowest BCUT2D eigenvalue weighted by Gasteiger charge is -2.33.